The summed E-state index contributed by atoms with van der Waals surface area (Å²) < 4.78 is 0. The molecule has 0 aromatic heterocycles. The van der Waals surface area contributed by atoms with Gasteiger partial charge in [0.05, 0.1) is 5.29 Å². The van der Waals surface area contributed by atoms with Crippen molar-refractivity contribution in [3.63, 3.8) is 0 Å². The summed E-state index contributed by atoms with van der Waals surface area (Å²) in [6.07, 6.45) is -1.69. The lowest BCUT2D eigenvalue weighted by molar-refractivity contribution is -0.250. The Morgan fingerprint density at radius 3 is 2.33 bits per heavy atom. The first-order chi connectivity index (χ1) is 2.77. The summed E-state index contributed by atoms with van der Waals surface area (Å²) in [7, 11) is 0. The van der Waals surface area contributed by atoms with Gasteiger partial charge < -0.3 is 9.90 Å². The van der Waals surface area contributed by atoms with Crippen LogP contribution in [0.2, 0.25) is 0 Å². The van der Waals surface area contributed by atoms with Crippen molar-refractivity contribution in [1.82, 2.24) is 5.43 Å². The SMILES string of the molecule is O=NNC(=O)[O-]. The number of carboxylic acid groups (broad SMARTS) is 1. The molecule has 0 aliphatic rings. The quantitative estimate of drug-likeness (QED) is 0.317. The molecule has 0 saturated heterocycles. The standard InChI is InChI=1S/CH2N2O3/c4-1(5)2-3-6/h(H,2,6)(H,4,5)/p-1. The molecule has 6 heavy (non-hydrogen) atoms. The number of nitroso groups, excluding NO2 is 1. The fourth-order valence-electron chi connectivity index (χ4n) is 0.0373. The topological polar surface area (TPSA) is 81.6 Å². The smallest absolute Gasteiger partial charge is 0.158 e. The lowest BCUT2D eigenvalue weighted by Gasteiger charge is -1.89. The van der Waals surface area contributed by atoms with E-state index in [1.54, 1.807) is 5.29 Å². The molecule has 1 N–H and O–H groups in total. The lowest BCUT2D eigenvalue weighted by Crippen LogP contribution is -2.32. The van der Waals surface area contributed by atoms with Crippen LogP contribution in [-0.2, 0) is 0 Å². The zero-order valence-corrected chi connectivity index (χ0v) is 2.67. The van der Waals surface area contributed by atoms with Gasteiger partial charge in [0, 0.05) is 0 Å². The number of amides is 1. The van der Waals surface area contributed by atoms with Crippen LogP contribution in [0.1, 0.15) is 0 Å². The molecular weight excluding hydrogens is 88.0 g/mol. The van der Waals surface area contributed by atoms with E-state index in [2.05, 4.69) is 0 Å². The Morgan fingerprint density at radius 2 is 2.33 bits per heavy atom. The van der Waals surface area contributed by atoms with Gasteiger partial charge in [-0.1, -0.05) is 0 Å². The van der Waals surface area contributed by atoms with Gasteiger partial charge in [0.25, 0.3) is 0 Å². The fraction of sp³-hybridized carbons (Fsp3) is 0. The minimum absolute atomic E-state index is 1.08. The highest BCUT2D eigenvalue weighted by Gasteiger charge is 1.69. The number of carbonyl (C=O) groups excluding carboxylic acids is 1. The van der Waals surface area contributed by atoms with E-state index in [0.29, 0.717) is 0 Å². The van der Waals surface area contributed by atoms with E-state index in [-0.39, 0.29) is 0 Å². The maximum absolute atomic E-state index is 9.08. The third kappa shape index (κ3) is 2.87. The van der Waals surface area contributed by atoms with Crippen LogP contribution in [0.25, 0.3) is 0 Å². The van der Waals surface area contributed by atoms with Gasteiger partial charge in [0.15, 0.2) is 6.09 Å². The Hall–Kier alpha value is -1.13. The summed E-state index contributed by atoms with van der Waals surface area (Å²) in [6, 6.07) is 0. The Bertz CT molecular complexity index is 69.2. The molecule has 0 aromatic carbocycles. The molecule has 0 aliphatic carbocycles. The van der Waals surface area contributed by atoms with Crippen LogP contribution in [-0.4, -0.2) is 6.09 Å². The summed E-state index contributed by atoms with van der Waals surface area (Å²) in [5.41, 5.74) is 1.08. The van der Waals surface area contributed by atoms with Crippen LogP contribution >= 0.6 is 0 Å². The second-order valence-corrected chi connectivity index (χ2v) is 0.491. The monoisotopic (exact) mass is 89.0 g/mol. The molecule has 0 atom stereocenters. The molecule has 0 heterocycles. The number of hydrogen-bond donors (Lipinski definition) is 1. The van der Waals surface area contributed by atoms with Crippen LogP contribution in [0.15, 0.2) is 5.29 Å². The van der Waals surface area contributed by atoms with E-state index in [4.69, 9.17) is 14.8 Å². The molecule has 1 amide bonds. The van der Waals surface area contributed by atoms with Crippen molar-refractivity contribution in [3.05, 3.63) is 4.91 Å². The van der Waals surface area contributed by atoms with Crippen molar-refractivity contribution in [2.24, 2.45) is 5.29 Å². The number of nitrogens with one attached hydrogen (secondary N) is 1. The summed E-state index contributed by atoms with van der Waals surface area (Å²) in [5.74, 6) is 0. The van der Waals surface area contributed by atoms with E-state index < -0.39 is 6.09 Å². The predicted molar refractivity (Wildman–Crippen MR) is 14.3 cm³/mol. The molecule has 5 heteroatoms. The molecule has 0 rings (SSSR count). The first kappa shape index (κ1) is 4.87. The Morgan fingerprint density at radius 1 is 1.83 bits per heavy atom. The van der Waals surface area contributed by atoms with Crippen molar-refractivity contribution >= 4 is 6.09 Å². The molecule has 0 fully saturated rings. The van der Waals surface area contributed by atoms with Crippen LogP contribution in [0.4, 0.5) is 4.79 Å². The molecular formula is CHN2O3-. The number of hydrogen-bond acceptors (Lipinski definition) is 4. The number of rotatable bonds is 1. The van der Waals surface area contributed by atoms with Gasteiger partial charge in [-0.05, 0) is 0 Å². The van der Waals surface area contributed by atoms with Gasteiger partial charge in [0.1, 0.15) is 0 Å². The Kier molecular flexibility index (Phi) is 1.73. The van der Waals surface area contributed by atoms with Gasteiger partial charge in [-0.25, -0.2) is 5.43 Å². The molecule has 0 aliphatic heterocycles. The van der Waals surface area contributed by atoms with Crippen molar-refractivity contribution < 1.29 is 9.90 Å². The summed E-state index contributed by atoms with van der Waals surface area (Å²) >= 11 is 0. The largest absolute Gasteiger partial charge is 0.529 e. The van der Waals surface area contributed by atoms with E-state index >= 15 is 0 Å². The average Bonchev–Trinajstić information content (AvgIpc) is 1.35. The van der Waals surface area contributed by atoms with Gasteiger partial charge in [-0.2, -0.15) is 0 Å². The third-order valence-electron chi connectivity index (χ3n) is 0.137. The fourth-order valence-corrected chi connectivity index (χ4v) is 0.0373. The van der Waals surface area contributed by atoms with Crippen molar-refractivity contribution in [1.29, 1.82) is 0 Å². The molecule has 5 nitrogen and oxygen atoms in total. The maximum Gasteiger partial charge on any atom is 0.158 e. The minimum Gasteiger partial charge on any atom is -0.529 e. The lowest BCUT2D eigenvalue weighted by atomic mass is 11.3. The Labute approximate surface area is 32.9 Å². The Balaban J connectivity index is 3.05. The van der Waals surface area contributed by atoms with Crippen LogP contribution in [0.3, 0.4) is 0 Å². The second-order valence-electron chi connectivity index (χ2n) is 0.491. The second kappa shape index (κ2) is 2.13. The first-order valence-electron chi connectivity index (χ1n) is 1.06. The molecule has 34 valence electrons. The minimum atomic E-state index is -1.69. The summed E-state index contributed by atoms with van der Waals surface area (Å²) in [6.45, 7) is 0. The zero-order chi connectivity index (χ0) is 4.99. The maximum atomic E-state index is 9.08. The van der Waals surface area contributed by atoms with Crippen molar-refractivity contribution in [2.75, 3.05) is 0 Å². The van der Waals surface area contributed by atoms with E-state index in [9.17, 15) is 0 Å². The highest BCUT2D eigenvalue weighted by molar-refractivity contribution is 5.61. The number of carbonyl (C=O) groups is 1. The van der Waals surface area contributed by atoms with Gasteiger partial charge >= 0.3 is 0 Å². The molecule has 0 unspecified atom stereocenters. The molecule has 0 aromatic rings. The van der Waals surface area contributed by atoms with Crippen LogP contribution in [0, 0.1) is 4.91 Å². The molecule has 0 radical (unpaired) electrons. The molecule has 0 spiro atoms. The highest BCUT2D eigenvalue weighted by atomic mass is 16.4. The van der Waals surface area contributed by atoms with E-state index in [0.717, 1.165) is 5.43 Å². The van der Waals surface area contributed by atoms with Crippen LogP contribution in [0.5, 0.6) is 0 Å². The highest BCUT2D eigenvalue weighted by Crippen LogP contribution is 1.48. The predicted octanol–water partition coefficient (Wildman–Crippen LogP) is -1.40. The summed E-state index contributed by atoms with van der Waals surface area (Å²) in [4.78, 5) is 17.9. The molecule has 0 saturated carbocycles. The number of nitrogens with zero attached hydrogens (tertiary/aromatic N) is 1. The zero-order valence-electron chi connectivity index (χ0n) is 2.67. The summed E-state index contributed by atoms with van der Waals surface area (Å²) in [5, 5.41) is 10.9. The third-order valence-corrected chi connectivity index (χ3v) is 0.137. The average molecular weight is 89.0 g/mol. The van der Waals surface area contributed by atoms with Crippen molar-refractivity contribution in [3.8, 4) is 0 Å². The van der Waals surface area contributed by atoms with Gasteiger partial charge in [-0.15, -0.1) is 4.91 Å². The van der Waals surface area contributed by atoms with Crippen molar-refractivity contribution in [2.45, 2.75) is 0 Å². The normalized spacial score (nSPS) is 6.67. The van der Waals surface area contributed by atoms with Gasteiger partial charge in [0.2, 0.25) is 0 Å². The van der Waals surface area contributed by atoms with Crippen LogP contribution < -0.4 is 10.5 Å². The first-order valence-corrected chi connectivity index (χ1v) is 1.06. The van der Waals surface area contributed by atoms with E-state index in [1.807, 2.05) is 0 Å². The molecule has 0 bridgehead atoms. The van der Waals surface area contributed by atoms with Gasteiger partial charge in [-0.3, -0.25) is 0 Å². The van der Waals surface area contributed by atoms with E-state index in [1.165, 1.54) is 0 Å².